The highest BCUT2D eigenvalue weighted by Crippen LogP contribution is 2.29. The Labute approximate surface area is 190 Å². The number of hydrogen-bond acceptors (Lipinski definition) is 4. The summed E-state index contributed by atoms with van der Waals surface area (Å²) in [4.78, 5) is 26.2. The molecule has 0 saturated carbocycles. The van der Waals surface area contributed by atoms with Crippen LogP contribution in [0.1, 0.15) is 10.4 Å². The smallest absolute Gasteiger partial charge is 0.254 e. The number of pyridine rings is 2. The lowest BCUT2D eigenvalue weighted by molar-refractivity contribution is 0.0749. The summed E-state index contributed by atoms with van der Waals surface area (Å²) < 4.78 is 14.0. The maximum atomic E-state index is 14.0. The average molecular weight is 447 g/mol. The van der Waals surface area contributed by atoms with Gasteiger partial charge in [-0.25, -0.2) is 9.37 Å². The van der Waals surface area contributed by atoms with Gasteiger partial charge in [-0.1, -0.05) is 23.7 Å². The fraction of sp³-hybridized carbons (Fsp3) is 0.160. The van der Waals surface area contributed by atoms with E-state index in [1.165, 1.54) is 12.1 Å². The maximum absolute atomic E-state index is 14.0. The second-order valence-corrected chi connectivity index (χ2v) is 8.09. The standard InChI is InChI=1S/C25H20ClFN4O/c26-21-3-1-2-4-24(21)30-11-13-31(14-12-30)25(32)20-16-23(17-7-9-28-10-8-17)29-22-6-5-18(27)15-19(20)22/h1-10,15-16H,11-14H2. The number of carbonyl (C=O) groups excluding carboxylic acids is 1. The number of piperazine rings is 1. The molecule has 2 aromatic carbocycles. The third kappa shape index (κ3) is 3.89. The Morgan fingerprint density at radius 1 is 0.938 bits per heavy atom. The molecular weight excluding hydrogens is 427 g/mol. The first-order valence-electron chi connectivity index (χ1n) is 10.4. The first-order chi connectivity index (χ1) is 15.6. The summed E-state index contributed by atoms with van der Waals surface area (Å²) in [5.74, 6) is -0.523. The monoisotopic (exact) mass is 446 g/mol. The molecule has 0 N–H and O–H groups in total. The zero-order chi connectivity index (χ0) is 22.1. The zero-order valence-electron chi connectivity index (χ0n) is 17.2. The molecule has 1 saturated heterocycles. The molecule has 5 nitrogen and oxygen atoms in total. The molecular formula is C25H20ClFN4O. The van der Waals surface area contributed by atoms with Gasteiger partial charge < -0.3 is 9.80 Å². The molecule has 1 aliphatic heterocycles. The molecule has 0 atom stereocenters. The summed E-state index contributed by atoms with van der Waals surface area (Å²) in [6.07, 6.45) is 3.36. The summed E-state index contributed by atoms with van der Waals surface area (Å²) >= 11 is 6.34. The molecule has 0 unspecified atom stereocenters. The van der Waals surface area contributed by atoms with Crippen molar-refractivity contribution in [2.24, 2.45) is 0 Å². The number of carbonyl (C=O) groups is 1. The lowest BCUT2D eigenvalue weighted by Gasteiger charge is -2.36. The first kappa shape index (κ1) is 20.4. The van der Waals surface area contributed by atoms with E-state index in [0.29, 0.717) is 53.4 Å². The van der Waals surface area contributed by atoms with E-state index in [2.05, 4.69) is 14.9 Å². The zero-order valence-corrected chi connectivity index (χ0v) is 18.0. The number of anilines is 1. The van der Waals surface area contributed by atoms with Crippen LogP contribution in [0.5, 0.6) is 0 Å². The van der Waals surface area contributed by atoms with Crippen molar-refractivity contribution in [3.8, 4) is 11.3 Å². The minimum Gasteiger partial charge on any atom is -0.367 e. The number of nitrogens with zero attached hydrogens (tertiary/aromatic N) is 4. The van der Waals surface area contributed by atoms with Crippen molar-refractivity contribution < 1.29 is 9.18 Å². The normalized spacial score (nSPS) is 14.1. The molecule has 1 aliphatic rings. The molecule has 0 bridgehead atoms. The number of benzene rings is 2. The number of fused-ring (bicyclic) bond motifs is 1. The van der Waals surface area contributed by atoms with Gasteiger partial charge in [-0.3, -0.25) is 9.78 Å². The number of halogens is 2. The minimum atomic E-state index is -0.395. The summed E-state index contributed by atoms with van der Waals surface area (Å²) in [5.41, 5.74) is 3.51. The van der Waals surface area contributed by atoms with Gasteiger partial charge in [0.2, 0.25) is 0 Å². The van der Waals surface area contributed by atoms with Gasteiger partial charge in [-0.05, 0) is 48.5 Å². The Balaban J connectivity index is 1.47. The van der Waals surface area contributed by atoms with Gasteiger partial charge in [0.05, 0.1) is 27.5 Å². The first-order valence-corrected chi connectivity index (χ1v) is 10.8. The molecule has 0 spiro atoms. The van der Waals surface area contributed by atoms with Crippen LogP contribution in [0.3, 0.4) is 0 Å². The molecule has 3 heterocycles. The van der Waals surface area contributed by atoms with Crippen molar-refractivity contribution in [2.75, 3.05) is 31.1 Å². The Hall–Kier alpha value is -3.51. The molecule has 1 amide bonds. The van der Waals surface area contributed by atoms with Gasteiger partial charge in [0.25, 0.3) is 5.91 Å². The Morgan fingerprint density at radius 3 is 2.44 bits per heavy atom. The summed E-state index contributed by atoms with van der Waals surface area (Å²) in [7, 11) is 0. The van der Waals surface area contributed by atoms with Gasteiger partial charge in [-0.15, -0.1) is 0 Å². The van der Waals surface area contributed by atoms with E-state index in [4.69, 9.17) is 11.6 Å². The van der Waals surface area contributed by atoms with Crippen LogP contribution in [-0.4, -0.2) is 47.0 Å². The molecule has 160 valence electrons. The predicted molar refractivity (Wildman–Crippen MR) is 125 cm³/mol. The molecule has 5 rings (SSSR count). The van der Waals surface area contributed by atoms with Crippen LogP contribution in [-0.2, 0) is 0 Å². The van der Waals surface area contributed by atoms with Crippen LogP contribution in [0.15, 0.2) is 73.1 Å². The van der Waals surface area contributed by atoms with Crippen molar-refractivity contribution >= 4 is 34.1 Å². The van der Waals surface area contributed by atoms with Gasteiger partial charge in [-0.2, -0.15) is 0 Å². The second kappa shape index (κ2) is 8.55. The fourth-order valence-corrected chi connectivity index (χ4v) is 4.33. The summed E-state index contributed by atoms with van der Waals surface area (Å²) in [6, 6.07) is 17.5. The van der Waals surface area contributed by atoms with Crippen molar-refractivity contribution in [3.63, 3.8) is 0 Å². The highest BCUT2D eigenvalue weighted by molar-refractivity contribution is 6.33. The van der Waals surface area contributed by atoms with Gasteiger partial charge >= 0.3 is 0 Å². The van der Waals surface area contributed by atoms with Crippen LogP contribution in [0.4, 0.5) is 10.1 Å². The van der Waals surface area contributed by atoms with E-state index in [9.17, 15) is 9.18 Å². The van der Waals surface area contributed by atoms with Crippen molar-refractivity contribution in [1.82, 2.24) is 14.9 Å². The van der Waals surface area contributed by atoms with Gasteiger partial charge in [0, 0.05) is 49.5 Å². The third-order valence-electron chi connectivity index (χ3n) is 5.74. The molecule has 0 aliphatic carbocycles. The lowest BCUT2D eigenvalue weighted by atomic mass is 10.0. The Kier molecular flexibility index (Phi) is 5.45. The quantitative estimate of drug-likeness (QED) is 0.442. The molecule has 0 radical (unpaired) electrons. The predicted octanol–water partition coefficient (Wildman–Crippen LogP) is 5.05. The number of amides is 1. The largest absolute Gasteiger partial charge is 0.367 e. The minimum absolute atomic E-state index is 0.128. The van der Waals surface area contributed by atoms with Crippen LogP contribution in [0.2, 0.25) is 5.02 Å². The molecule has 2 aromatic heterocycles. The topological polar surface area (TPSA) is 49.3 Å². The highest BCUT2D eigenvalue weighted by Gasteiger charge is 2.25. The van der Waals surface area contributed by atoms with Crippen molar-refractivity contribution in [2.45, 2.75) is 0 Å². The van der Waals surface area contributed by atoms with E-state index in [0.717, 1.165) is 11.3 Å². The number of aromatic nitrogens is 2. The lowest BCUT2D eigenvalue weighted by Crippen LogP contribution is -2.49. The van der Waals surface area contributed by atoms with Crippen molar-refractivity contribution in [1.29, 1.82) is 0 Å². The summed E-state index contributed by atoms with van der Waals surface area (Å²) in [6.45, 7) is 2.44. The van der Waals surface area contributed by atoms with Gasteiger partial charge in [0.1, 0.15) is 5.82 Å². The SMILES string of the molecule is O=C(c1cc(-c2ccncc2)nc2ccc(F)cc12)N1CCN(c2ccccc2Cl)CC1. The van der Waals surface area contributed by atoms with E-state index in [1.807, 2.05) is 41.3 Å². The number of rotatable bonds is 3. The van der Waals surface area contributed by atoms with Crippen LogP contribution >= 0.6 is 11.6 Å². The molecule has 7 heteroatoms. The van der Waals surface area contributed by atoms with E-state index in [-0.39, 0.29) is 5.91 Å². The van der Waals surface area contributed by atoms with E-state index >= 15 is 0 Å². The Bertz CT molecular complexity index is 1290. The number of para-hydroxylation sites is 1. The molecule has 4 aromatic rings. The second-order valence-electron chi connectivity index (χ2n) is 7.68. The van der Waals surface area contributed by atoms with E-state index in [1.54, 1.807) is 24.5 Å². The van der Waals surface area contributed by atoms with E-state index < -0.39 is 5.82 Å². The van der Waals surface area contributed by atoms with Crippen LogP contribution < -0.4 is 4.90 Å². The van der Waals surface area contributed by atoms with Gasteiger partial charge in [0.15, 0.2) is 0 Å². The summed E-state index contributed by atoms with van der Waals surface area (Å²) in [5, 5.41) is 1.21. The third-order valence-corrected chi connectivity index (χ3v) is 6.06. The Morgan fingerprint density at radius 2 is 1.69 bits per heavy atom. The molecule has 32 heavy (non-hydrogen) atoms. The fourth-order valence-electron chi connectivity index (χ4n) is 4.07. The molecule has 1 fully saturated rings. The van der Waals surface area contributed by atoms with Crippen molar-refractivity contribution in [3.05, 3.63) is 89.5 Å². The van der Waals surface area contributed by atoms with Crippen LogP contribution in [0, 0.1) is 5.82 Å². The maximum Gasteiger partial charge on any atom is 0.254 e. The highest BCUT2D eigenvalue weighted by atomic mass is 35.5. The average Bonchev–Trinajstić information content (AvgIpc) is 2.84. The van der Waals surface area contributed by atoms with Crippen LogP contribution in [0.25, 0.3) is 22.2 Å². The number of hydrogen-bond donors (Lipinski definition) is 0.